The zero-order chi connectivity index (χ0) is 16.1. The fraction of sp³-hybridized carbons (Fsp3) is 0.438. The maximum Gasteiger partial charge on any atom is 0.429 e. The highest BCUT2D eigenvalue weighted by Gasteiger charge is 2.47. The Labute approximate surface area is 125 Å². The van der Waals surface area contributed by atoms with Gasteiger partial charge in [0.2, 0.25) is 6.10 Å². The van der Waals surface area contributed by atoms with E-state index in [1.54, 1.807) is 6.07 Å². The maximum absolute atomic E-state index is 13.1. The van der Waals surface area contributed by atoms with Crippen molar-refractivity contribution < 1.29 is 27.8 Å². The van der Waals surface area contributed by atoms with Gasteiger partial charge in [0.1, 0.15) is 5.75 Å². The van der Waals surface area contributed by atoms with Gasteiger partial charge >= 0.3 is 6.18 Å². The number of carbonyl (C=O) groups is 1. The Morgan fingerprint density at radius 1 is 1.36 bits per heavy atom. The van der Waals surface area contributed by atoms with Gasteiger partial charge in [0, 0.05) is 11.1 Å². The molecule has 22 heavy (non-hydrogen) atoms. The van der Waals surface area contributed by atoms with Gasteiger partial charge in [0.05, 0.1) is 5.97 Å². The molecule has 1 saturated carbocycles. The number of carboxylic acids is 1. The fourth-order valence-corrected chi connectivity index (χ4v) is 2.72. The predicted molar refractivity (Wildman–Crippen MR) is 71.3 cm³/mol. The van der Waals surface area contributed by atoms with Gasteiger partial charge in [-0.25, -0.2) is 0 Å². The summed E-state index contributed by atoms with van der Waals surface area (Å²) in [6, 6.07) is 3.54. The first-order valence-corrected chi connectivity index (χ1v) is 7.14. The molecule has 1 aliphatic heterocycles. The number of aliphatic carboxylic acids is 1. The molecule has 0 amide bonds. The summed E-state index contributed by atoms with van der Waals surface area (Å²) in [6.45, 7) is 1.93. The lowest BCUT2D eigenvalue weighted by Gasteiger charge is -2.31. The minimum Gasteiger partial charge on any atom is -0.545 e. The van der Waals surface area contributed by atoms with Crippen molar-refractivity contribution in [1.82, 2.24) is 0 Å². The number of aryl methyl sites for hydroxylation is 1. The first-order chi connectivity index (χ1) is 10.3. The quantitative estimate of drug-likeness (QED) is 0.862. The average molecular weight is 311 g/mol. The Hall–Kier alpha value is -1.98. The third-order valence-electron chi connectivity index (χ3n) is 3.99. The van der Waals surface area contributed by atoms with Crippen molar-refractivity contribution in [3.8, 4) is 5.75 Å². The molecule has 0 N–H and O–H groups in total. The molecule has 1 fully saturated rings. The zero-order valence-corrected chi connectivity index (χ0v) is 11.9. The van der Waals surface area contributed by atoms with Crippen LogP contribution in [-0.4, -0.2) is 18.2 Å². The number of alkyl halides is 3. The van der Waals surface area contributed by atoms with Gasteiger partial charge in [-0.2, -0.15) is 13.2 Å². The summed E-state index contributed by atoms with van der Waals surface area (Å²) in [5.74, 6) is -1.50. The van der Waals surface area contributed by atoms with Crippen molar-refractivity contribution in [2.45, 2.75) is 44.4 Å². The van der Waals surface area contributed by atoms with Gasteiger partial charge in [-0.1, -0.05) is 13.0 Å². The topological polar surface area (TPSA) is 49.4 Å². The summed E-state index contributed by atoms with van der Waals surface area (Å²) < 4.78 is 44.3. The molecule has 0 radical (unpaired) electrons. The van der Waals surface area contributed by atoms with Crippen molar-refractivity contribution >= 4 is 12.0 Å². The smallest absolute Gasteiger partial charge is 0.429 e. The summed E-state index contributed by atoms with van der Waals surface area (Å²) in [6.07, 6.45) is -3.70. The van der Waals surface area contributed by atoms with E-state index < -0.39 is 23.8 Å². The molecule has 3 rings (SSSR count). The molecule has 3 nitrogen and oxygen atoms in total. The van der Waals surface area contributed by atoms with Crippen molar-refractivity contribution in [1.29, 1.82) is 0 Å². The maximum atomic E-state index is 13.1. The van der Waals surface area contributed by atoms with Crippen LogP contribution in [0, 0.1) is 0 Å². The summed E-state index contributed by atoms with van der Waals surface area (Å²) in [5, 5.41) is 11.0. The third kappa shape index (κ3) is 2.58. The van der Waals surface area contributed by atoms with E-state index >= 15 is 0 Å². The van der Waals surface area contributed by atoms with E-state index in [0.29, 0.717) is 12.0 Å². The summed E-state index contributed by atoms with van der Waals surface area (Å²) in [5.41, 5.74) is 1.21. The third-order valence-corrected chi connectivity index (χ3v) is 3.99. The highest BCUT2D eigenvalue weighted by atomic mass is 19.4. The Morgan fingerprint density at radius 2 is 2.05 bits per heavy atom. The molecule has 1 atom stereocenters. The van der Waals surface area contributed by atoms with E-state index in [9.17, 15) is 23.1 Å². The molecule has 118 valence electrons. The van der Waals surface area contributed by atoms with Crippen molar-refractivity contribution in [2.75, 3.05) is 0 Å². The minimum atomic E-state index is -4.80. The molecule has 1 aliphatic carbocycles. The number of benzene rings is 1. The number of carboxylic acid groups (broad SMARTS) is 1. The van der Waals surface area contributed by atoms with Crippen LogP contribution < -0.4 is 9.84 Å². The second kappa shape index (κ2) is 5.04. The molecule has 0 bridgehead atoms. The number of ether oxygens (including phenoxy) is 1. The van der Waals surface area contributed by atoms with Crippen LogP contribution in [0.4, 0.5) is 13.2 Å². The molecule has 0 spiro atoms. The minimum absolute atomic E-state index is 0.159. The molecular weight excluding hydrogens is 297 g/mol. The largest absolute Gasteiger partial charge is 0.545 e. The molecule has 1 aromatic rings. The Balaban J connectivity index is 2.15. The van der Waals surface area contributed by atoms with Gasteiger partial charge in [-0.15, -0.1) is 0 Å². The van der Waals surface area contributed by atoms with Crippen molar-refractivity contribution in [2.24, 2.45) is 0 Å². The first kappa shape index (κ1) is 14.9. The number of hydrogen-bond donors (Lipinski definition) is 0. The van der Waals surface area contributed by atoms with Gasteiger partial charge < -0.3 is 14.6 Å². The molecule has 0 aromatic heterocycles. The number of halogens is 3. The second-order valence-corrected chi connectivity index (χ2v) is 5.66. The lowest BCUT2D eigenvalue weighted by atomic mass is 9.94. The van der Waals surface area contributed by atoms with Crippen LogP contribution >= 0.6 is 0 Å². The number of fused-ring (bicyclic) bond motifs is 1. The lowest BCUT2D eigenvalue weighted by molar-refractivity contribution is -0.302. The number of carbonyl (C=O) groups excluding carboxylic acids is 1. The predicted octanol–water partition coefficient (Wildman–Crippen LogP) is 2.58. The summed E-state index contributed by atoms with van der Waals surface area (Å²) >= 11 is 0. The average Bonchev–Trinajstić information content (AvgIpc) is 3.28. The van der Waals surface area contributed by atoms with Crippen molar-refractivity contribution in [3.63, 3.8) is 0 Å². The standard InChI is InChI=1S/C16H15F3O3/c1-2-8-5-10-7-12(15(20)21)14(16(17,18)19)22-13(10)11(6-8)9-3-4-9/h5-7,9,14H,2-4H2,1H3,(H,20,21)/p-1. The molecule has 0 saturated heterocycles. The van der Waals surface area contributed by atoms with Crippen LogP contribution in [0.1, 0.15) is 42.4 Å². The van der Waals surface area contributed by atoms with Crippen LogP contribution in [0.3, 0.4) is 0 Å². The Kier molecular flexibility index (Phi) is 3.42. The van der Waals surface area contributed by atoms with Gasteiger partial charge in [-0.3, -0.25) is 0 Å². The normalized spacial score (nSPS) is 20.9. The molecule has 2 aliphatic rings. The number of hydrogen-bond acceptors (Lipinski definition) is 3. The lowest BCUT2D eigenvalue weighted by Crippen LogP contribution is -2.44. The van der Waals surface area contributed by atoms with E-state index in [2.05, 4.69) is 0 Å². The molecular formula is C16H14F3O3-. The van der Waals surface area contributed by atoms with E-state index in [1.807, 2.05) is 13.0 Å². The second-order valence-electron chi connectivity index (χ2n) is 5.66. The molecule has 1 unspecified atom stereocenters. The summed E-state index contributed by atoms with van der Waals surface area (Å²) in [7, 11) is 0. The van der Waals surface area contributed by atoms with E-state index in [1.165, 1.54) is 0 Å². The van der Waals surface area contributed by atoms with Gasteiger partial charge in [0.25, 0.3) is 0 Å². The zero-order valence-electron chi connectivity index (χ0n) is 11.9. The Bertz CT molecular complexity index is 657. The van der Waals surface area contributed by atoms with Crippen molar-refractivity contribution in [3.05, 3.63) is 34.4 Å². The van der Waals surface area contributed by atoms with Crippen LogP contribution in [0.15, 0.2) is 17.7 Å². The Morgan fingerprint density at radius 3 is 2.55 bits per heavy atom. The van der Waals surface area contributed by atoms with Crippen LogP contribution in [0.25, 0.3) is 6.08 Å². The molecule has 6 heteroatoms. The van der Waals surface area contributed by atoms with E-state index in [4.69, 9.17) is 4.74 Å². The van der Waals surface area contributed by atoms with E-state index in [-0.39, 0.29) is 11.7 Å². The van der Waals surface area contributed by atoms with Gasteiger partial charge in [-0.05, 0) is 48.4 Å². The van der Waals surface area contributed by atoms with Gasteiger partial charge in [0.15, 0.2) is 0 Å². The number of rotatable bonds is 3. The van der Waals surface area contributed by atoms with Crippen LogP contribution in [0.5, 0.6) is 5.75 Å². The summed E-state index contributed by atoms with van der Waals surface area (Å²) in [4.78, 5) is 11.0. The highest BCUT2D eigenvalue weighted by Crippen LogP contribution is 2.49. The first-order valence-electron chi connectivity index (χ1n) is 7.14. The molecule has 1 aromatic carbocycles. The van der Waals surface area contributed by atoms with Crippen LogP contribution in [-0.2, 0) is 11.2 Å². The highest BCUT2D eigenvalue weighted by molar-refractivity contribution is 5.93. The monoisotopic (exact) mass is 311 g/mol. The van der Waals surface area contributed by atoms with Crippen LogP contribution in [0.2, 0.25) is 0 Å². The SMILES string of the molecule is CCc1cc2c(c(C3CC3)c1)OC(C(F)(F)F)C(C(=O)[O-])=C2. The fourth-order valence-electron chi connectivity index (χ4n) is 2.72. The van der Waals surface area contributed by atoms with E-state index in [0.717, 1.165) is 30.0 Å². The molecule has 1 heterocycles.